The largest absolute Gasteiger partial charge is 0.304 e. The van der Waals surface area contributed by atoms with Crippen LogP contribution in [0.3, 0.4) is 0 Å². The first kappa shape index (κ1) is 12.8. The van der Waals surface area contributed by atoms with Crippen molar-refractivity contribution >= 4 is 28.7 Å². The maximum atomic E-state index is 12.3. The Bertz CT molecular complexity index is 513. The van der Waals surface area contributed by atoms with Crippen LogP contribution in [0.25, 0.3) is 0 Å². The predicted molar refractivity (Wildman–Crippen MR) is 72.5 cm³/mol. The van der Waals surface area contributed by atoms with Crippen molar-refractivity contribution in [3.05, 3.63) is 35.9 Å². The van der Waals surface area contributed by atoms with Crippen molar-refractivity contribution in [2.75, 3.05) is 6.26 Å². The second kappa shape index (κ2) is 4.94. The molecule has 0 bridgehead atoms. The number of amides is 2. The van der Waals surface area contributed by atoms with Crippen molar-refractivity contribution in [1.29, 1.82) is 0 Å². The molecule has 18 heavy (non-hydrogen) atoms. The molecule has 5 heteroatoms. The molecule has 1 aromatic rings. The number of aliphatic imine (C=N–C) groups is 1. The minimum absolute atomic E-state index is 0.291. The van der Waals surface area contributed by atoms with Gasteiger partial charge in [-0.3, -0.25) is 9.59 Å². The fourth-order valence-corrected chi connectivity index (χ4v) is 2.48. The smallest absolute Gasteiger partial charge is 0.268 e. The average Bonchev–Trinajstić information content (AvgIpc) is 2.40. The highest BCUT2D eigenvalue weighted by atomic mass is 32.2. The Kier molecular flexibility index (Phi) is 3.52. The average molecular weight is 262 g/mol. The van der Waals surface area contributed by atoms with E-state index in [1.807, 2.05) is 25.1 Å². The Morgan fingerprint density at radius 3 is 2.44 bits per heavy atom. The summed E-state index contributed by atoms with van der Waals surface area (Å²) in [6, 6.07) is 9.08. The highest BCUT2D eigenvalue weighted by Crippen LogP contribution is 2.32. The van der Waals surface area contributed by atoms with Crippen molar-refractivity contribution in [3.63, 3.8) is 0 Å². The zero-order chi connectivity index (χ0) is 13.2. The molecule has 4 nitrogen and oxygen atoms in total. The van der Waals surface area contributed by atoms with Crippen LogP contribution >= 0.6 is 11.8 Å². The van der Waals surface area contributed by atoms with Crippen LogP contribution in [0.1, 0.15) is 18.9 Å². The minimum Gasteiger partial charge on any atom is -0.304 e. The SMILES string of the molecule is CCC1(c2ccccc2)C(=O)N=C(SC)NC1=O. The normalized spacial score (nSPS) is 23.6. The third-order valence-electron chi connectivity index (χ3n) is 3.17. The number of nitrogens with zero attached hydrogens (tertiary/aromatic N) is 1. The quantitative estimate of drug-likeness (QED) is 0.825. The molecule has 1 atom stereocenters. The second-order valence-electron chi connectivity index (χ2n) is 4.01. The van der Waals surface area contributed by atoms with E-state index >= 15 is 0 Å². The van der Waals surface area contributed by atoms with Gasteiger partial charge in [-0.25, -0.2) is 0 Å². The van der Waals surface area contributed by atoms with E-state index in [9.17, 15) is 9.59 Å². The molecule has 1 aliphatic heterocycles. The highest BCUT2D eigenvalue weighted by molar-refractivity contribution is 8.13. The maximum absolute atomic E-state index is 12.3. The lowest BCUT2D eigenvalue weighted by Crippen LogP contribution is -2.54. The molecule has 2 rings (SSSR count). The van der Waals surface area contributed by atoms with Gasteiger partial charge in [-0.2, -0.15) is 4.99 Å². The number of carbonyl (C=O) groups excluding carboxylic acids is 2. The van der Waals surface area contributed by atoms with Crippen LogP contribution in [0.2, 0.25) is 0 Å². The van der Waals surface area contributed by atoms with Gasteiger partial charge in [0.2, 0.25) is 5.91 Å². The summed E-state index contributed by atoms with van der Waals surface area (Å²) < 4.78 is 0. The summed E-state index contributed by atoms with van der Waals surface area (Å²) in [4.78, 5) is 28.5. The van der Waals surface area contributed by atoms with Crippen LogP contribution in [0.4, 0.5) is 0 Å². The van der Waals surface area contributed by atoms with E-state index in [1.54, 1.807) is 18.4 Å². The molecular formula is C13H14N2O2S. The molecule has 0 radical (unpaired) electrons. The molecular weight excluding hydrogens is 248 g/mol. The molecule has 0 saturated carbocycles. The topological polar surface area (TPSA) is 58.5 Å². The third kappa shape index (κ3) is 1.84. The molecule has 94 valence electrons. The van der Waals surface area contributed by atoms with Crippen LogP contribution in [-0.2, 0) is 15.0 Å². The summed E-state index contributed by atoms with van der Waals surface area (Å²) in [7, 11) is 0. The Labute approximate surface area is 110 Å². The molecule has 2 amide bonds. The van der Waals surface area contributed by atoms with Gasteiger partial charge in [-0.1, -0.05) is 49.0 Å². The van der Waals surface area contributed by atoms with E-state index in [0.717, 1.165) is 0 Å². The van der Waals surface area contributed by atoms with Gasteiger partial charge in [0.25, 0.3) is 5.91 Å². The number of hydrogen-bond acceptors (Lipinski definition) is 3. The first-order chi connectivity index (χ1) is 8.65. The van der Waals surface area contributed by atoms with Gasteiger partial charge in [0, 0.05) is 0 Å². The monoisotopic (exact) mass is 262 g/mol. The number of carbonyl (C=O) groups is 2. The number of thioether (sulfide) groups is 1. The number of nitrogens with one attached hydrogen (secondary N) is 1. The zero-order valence-electron chi connectivity index (χ0n) is 10.3. The molecule has 0 saturated heterocycles. The lowest BCUT2D eigenvalue weighted by Gasteiger charge is -2.31. The maximum Gasteiger partial charge on any atom is 0.268 e. The first-order valence-corrected chi connectivity index (χ1v) is 6.91. The number of amidine groups is 1. The van der Waals surface area contributed by atoms with Gasteiger partial charge < -0.3 is 5.32 Å². The van der Waals surface area contributed by atoms with Crippen LogP contribution < -0.4 is 5.32 Å². The molecule has 1 heterocycles. The second-order valence-corrected chi connectivity index (χ2v) is 4.80. The van der Waals surface area contributed by atoms with E-state index in [-0.39, 0.29) is 11.8 Å². The zero-order valence-corrected chi connectivity index (χ0v) is 11.1. The Hall–Kier alpha value is -1.62. The lowest BCUT2D eigenvalue weighted by molar-refractivity contribution is -0.136. The Balaban J connectivity index is 2.54. The summed E-state index contributed by atoms with van der Waals surface area (Å²) in [5.41, 5.74) is -0.487. The summed E-state index contributed by atoms with van der Waals surface area (Å²) in [5.74, 6) is -0.676. The van der Waals surface area contributed by atoms with Gasteiger partial charge >= 0.3 is 0 Å². The van der Waals surface area contributed by atoms with E-state index in [1.165, 1.54) is 11.8 Å². The lowest BCUT2D eigenvalue weighted by atomic mass is 9.76. The molecule has 0 spiro atoms. The van der Waals surface area contributed by atoms with Crippen molar-refractivity contribution < 1.29 is 9.59 Å². The van der Waals surface area contributed by atoms with E-state index in [0.29, 0.717) is 17.2 Å². The van der Waals surface area contributed by atoms with Crippen molar-refractivity contribution in [2.24, 2.45) is 4.99 Å². The Morgan fingerprint density at radius 2 is 1.94 bits per heavy atom. The van der Waals surface area contributed by atoms with E-state index in [4.69, 9.17) is 0 Å². The number of hydrogen-bond donors (Lipinski definition) is 1. The molecule has 0 aliphatic carbocycles. The summed E-state index contributed by atoms with van der Waals surface area (Å²) in [6.07, 6.45) is 2.17. The molecule has 1 aromatic carbocycles. The molecule has 1 aliphatic rings. The standard InChI is InChI=1S/C13H14N2O2S/c1-3-13(9-7-5-4-6-8-9)10(16)14-12(18-2)15-11(13)17/h4-8H,3H2,1-2H3,(H,14,15,16,17). The minimum atomic E-state index is -1.18. The van der Waals surface area contributed by atoms with Gasteiger partial charge in [-0.15, -0.1) is 0 Å². The van der Waals surface area contributed by atoms with Crippen molar-refractivity contribution in [1.82, 2.24) is 5.32 Å². The highest BCUT2D eigenvalue weighted by Gasteiger charge is 2.48. The number of rotatable bonds is 2. The van der Waals surface area contributed by atoms with Crippen LogP contribution in [0.15, 0.2) is 35.3 Å². The van der Waals surface area contributed by atoms with Crippen LogP contribution in [0, 0.1) is 0 Å². The van der Waals surface area contributed by atoms with Crippen LogP contribution in [0.5, 0.6) is 0 Å². The third-order valence-corrected chi connectivity index (χ3v) is 3.75. The van der Waals surface area contributed by atoms with Crippen molar-refractivity contribution in [3.8, 4) is 0 Å². The summed E-state index contributed by atoms with van der Waals surface area (Å²) in [5, 5.41) is 3.06. The summed E-state index contributed by atoms with van der Waals surface area (Å²) >= 11 is 1.26. The molecule has 1 N–H and O–H groups in total. The van der Waals surface area contributed by atoms with Gasteiger partial charge in [-0.05, 0) is 18.2 Å². The van der Waals surface area contributed by atoms with E-state index < -0.39 is 5.41 Å². The molecule has 0 fully saturated rings. The van der Waals surface area contributed by atoms with Gasteiger partial charge in [0.05, 0.1) is 0 Å². The molecule has 0 aromatic heterocycles. The van der Waals surface area contributed by atoms with E-state index in [2.05, 4.69) is 10.3 Å². The number of benzene rings is 1. The first-order valence-electron chi connectivity index (χ1n) is 5.69. The predicted octanol–water partition coefficient (Wildman–Crippen LogP) is 1.71. The van der Waals surface area contributed by atoms with Crippen LogP contribution in [-0.4, -0.2) is 23.2 Å². The van der Waals surface area contributed by atoms with Crippen molar-refractivity contribution in [2.45, 2.75) is 18.8 Å². The summed E-state index contributed by atoms with van der Waals surface area (Å²) in [6.45, 7) is 1.82. The molecule has 1 unspecified atom stereocenters. The van der Waals surface area contributed by atoms with Gasteiger partial charge in [0.1, 0.15) is 0 Å². The Morgan fingerprint density at radius 1 is 1.28 bits per heavy atom. The fourth-order valence-electron chi connectivity index (χ4n) is 2.11. The van der Waals surface area contributed by atoms with Gasteiger partial charge in [0.15, 0.2) is 10.6 Å². The fraction of sp³-hybridized carbons (Fsp3) is 0.308.